The molecule has 2 aromatic rings. The van der Waals surface area contributed by atoms with Crippen molar-refractivity contribution in [3.05, 3.63) is 34.9 Å². The molecule has 0 spiro atoms. The number of para-hydroxylation sites is 1. The summed E-state index contributed by atoms with van der Waals surface area (Å²) in [6, 6.07) is 8.73. The zero-order valence-corrected chi connectivity index (χ0v) is 12.2. The molecule has 2 N–H and O–H groups in total. The maximum absolute atomic E-state index is 9.55. The lowest BCUT2D eigenvalue weighted by atomic mass is 9.93. The number of fused-ring (bicyclic) bond motifs is 1. The van der Waals surface area contributed by atoms with Crippen LogP contribution in [0.5, 0.6) is 0 Å². The first-order chi connectivity index (χ1) is 9.22. The number of aromatic nitrogens is 1. The molecule has 0 aliphatic heterocycles. The zero-order chi connectivity index (χ0) is 13.2. The maximum atomic E-state index is 9.55. The Hall–Kier alpha value is -1.13. The van der Waals surface area contributed by atoms with Crippen LogP contribution in [-0.2, 0) is 0 Å². The topological polar surface area (TPSA) is 45.1 Å². The molecule has 100 valence electrons. The predicted molar refractivity (Wildman–Crippen MR) is 81.3 cm³/mol. The second-order valence-corrected chi connectivity index (χ2v) is 6.10. The van der Waals surface area contributed by atoms with Gasteiger partial charge in [0.25, 0.3) is 0 Å². The van der Waals surface area contributed by atoms with E-state index >= 15 is 0 Å². The predicted octanol–water partition coefficient (Wildman–Crippen LogP) is 3.71. The third-order valence-electron chi connectivity index (χ3n) is 3.73. The van der Waals surface area contributed by atoms with Gasteiger partial charge in [0.2, 0.25) is 0 Å². The summed E-state index contributed by atoms with van der Waals surface area (Å²) in [5.74, 6) is 0. The van der Waals surface area contributed by atoms with Crippen molar-refractivity contribution in [3.8, 4) is 0 Å². The number of aliphatic hydroxyl groups is 1. The summed E-state index contributed by atoms with van der Waals surface area (Å²) >= 11 is 3.45. The van der Waals surface area contributed by atoms with Gasteiger partial charge in [-0.1, -0.05) is 12.1 Å². The van der Waals surface area contributed by atoms with Gasteiger partial charge >= 0.3 is 0 Å². The number of halogens is 1. The number of nitrogens with one attached hydrogen (secondary N) is 1. The van der Waals surface area contributed by atoms with Crippen molar-refractivity contribution in [2.24, 2.45) is 0 Å². The Morgan fingerprint density at radius 1 is 1.21 bits per heavy atom. The summed E-state index contributed by atoms with van der Waals surface area (Å²) < 4.78 is 0.998. The van der Waals surface area contributed by atoms with Crippen LogP contribution >= 0.6 is 15.9 Å². The standard InChI is InChI=1S/C15H17BrN2O/c16-11-8-10-2-1-3-14(15(10)17-9-11)18-12-4-6-13(19)7-5-12/h1-3,8-9,12-13,18-19H,4-7H2. The van der Waals surface area contributed by atoms with Crippen molar-refractivity contribution in [2.75, 3.05) is 5.32 Å². The van der Waals surface area contributed by atoms with E-state index in [1.807, 2.05) is 6.20 Å². The second-order valence-electron chi connectivity index (χ2n) is 5.18. The molecule has 0 saturated heterocycles. The van der Waals surface area contributed by atoms with Crippen LogP contribution in [-0.4, -0.2) is 22.2 Å². The summed E-state index contributed by atoms with van der Waals surface area (Å²) in [7, 11) is 0. The first kappa shape index (κ1) is 12.9. The molecule has 0 unspecified atom stereocenters. The fourth-order valence-corrected chi connectivity index (χ4v) is 3.04. The third-order valence-corrected chi connectivity index (χ3v) is 4.17. The van der Waals surface area contributed by atoms with Gasteiger partial charge in [-0.3, -0.25) is 4.98 Å². The summed E-state index contributed by atoms with van der Waals surface area (Å²) in [5, 5.41) is 14.3. The van der Waals surface area contributed by atoms with Crippen LogP contribution in [0.1, 0.15) is 25.7 Å². The van der Waals surface area contributed by atoms with Gasteiger partial charge in [-0.2, -0.15) is 0 Å². The molecule has 0 radical (unpaired) electrons. The lowest BCUT2D eigenvalue weighted by molar-refractivity contribution is 0.126. The Bertz CT molecular complexity index is 579. The maximum Gasteiger partial charge on any atom is 0.0934 e. The van der Waals surface area contributed by atoms with Crippen LogP contribution in [0, 0.1) is 0 Å². The van der Waals surface area contributed by atoms with E-state index < -0.39 is 0 Å². The molecule has 4 heteroatoms. The number of hydrogen-bond acceptors (Lipinski definition) is 3. The lowest BCUT2D eigenvalue weighted by Crippen LogP contribution is -2.28. The number of anilines is 1. The molecule has 0 atom stereocenters. The van der Waals surface area contributed by atoms with Gasteiger partial charge in [0.05, 0.1) is 17.3 Å². The number of hydrogen-bond donors (Lipinski definition) is 2. The molecule has 3 nitrogen and oxygen atoms in total. The third kappa shape index (κ3) is 2.90. The molecular weight excluding hydrogens is 304 g/mol. The van der Waals surface area contributed by atoms with Crippen LogP contribution < -0.4 is 5.32 Å². The van der Waals surface area contributed by atoms with E-state index in [0.29, 0.717) is 6.04 Å². The normalized spacial score (nSPS) is 23.5. The smallest absolute Gasteiger partial charge is 0.0934 e. The number of nitrogens with zero attached hydrogens (tertiary/aromatic N) is 1. The number of benzene rings is 1. The summed E-state index contributed by atoms with van der Waals surface area (Å²) in [6.07, 6.45) is 5.54. The van der Waals surface area contributed by atoms with Crippen LogP contribution in [0.4, 0.5) is 5.69 Å². The van der Waals surface area contributed by atoms with E-state index in [1.165, 1.54) is 0 Å². The quantitative estimate of drug-likeness (QED) is 0.886. The van der Waals surface area contributed by atoms with Gasteiger partial charge in [-0.25, -0.2) is 0 Å². The van der Waals surface area contributed by atoms with Gasteiger partial charge in [0, 0.05) is 22.1 Å². The number of aliphatic hydroxyl groups excluding tert-OH is 1. The van der Waals surface area contributed by atoms with Crippen LogP contribution in [0.15, 0.2) is 34.9 Å². The monoisotopic (exact) mass is 320 g/mol. The molecule has 3 rings (SSSR count). The van der Waals surface area contributed by atoms with Crippen LogP contribution in [0.25, 0.3) is 10.9 Å². The van der Waals surface area contributed by atoms with Gasteiger partial charge < -0.3 is 10.4 Å². The van der Waals surface area contributed by atoms with E-state index in [-0.39, 0.29) is 6.10 Å². The summed E-state index contributed by atoms with van der Waals surface area (Å²) in [4.78, 5) is 4.50. The second kappa shape index (κ2) is 5.47. The SMILES string of the molecule is OC1CCC(Nc2cccc3cc(Br)cnc23)CC1. The van der Waals surface area contributed by atoms with E-state index in [4.69, 9.17) is 0 Å². The van der Waals surface area contributed by atoms with Gasteiger partial charge in [-0.15, -0.1) is 0 Å². The Balaban J connectivity index is 1.84. The molecule has 1 heterocycles. The fourth-order valence-electron chi connectivity index (χ4n) is 2.69. The molecule has 1 aliphatic rings. The van der Waals surface area contributed by atoms with Crippen molar-refractivity contribution in [1.82, 2.24) is 4.98 Å². The molecule has 1 aliphatic carbocycles. The molecule has 1 saturated carbocycles. The highest BCUT2D eigenvalue weighted by Gasteiger charge is 2.19. The highest BCUT2D eigenvalue weighted by molar-refractivity contribution is 9.10. The molecule has 0 amide bonds. The highest BCUT2D eigenvalue weighted by atomic mass is 79.9. The number of pyridine rings is 1. The van der Waals surface area contributed by atoms with Crippen molar-refractivity contribution in [3.63, 3.8) is 0 Å². The minimum atomic E-state index is -0.111. The minimum Gasteiger partial charge on any atom is -0.393 e. The number of rotatable bonds is 2. The minimum absolute atomic E-state index is 0.111. The molecule has 1 aromatic carbocycles. The zero-order valence-electron chi connectivity index (χ0n) is 10.6. The van der Waals surface area contributed by atoms with Gasteiger partial charge in [0.15, 0.2) is 0 Å². The van der Waals surface area contributed by atoms with Gasteiger partial charge in [-0.05, 0) is 53.7 Å². The molecular formula is C15H17BrN2O. The van der Waals surface area contributed by atoms with E-state index in [1.54, 1.807) is 0 Å². The van der Waals surface area contributed by atoms with Crippen molar-refractivity contribution in [1.29, 1.82) is 0 Å². The molecule has 1 fully saturated rings. The van der Waals surface area contributed by atoms with Crippen LogP contribution in [0.3, 0.4) is 0 Å². The van der Waals surface area contributed by atoms with Crippen molar-refractivity contribution >= 4 is 32.5 Å². The Morgan fingerprint density at radius 3 is 2.79 bits per heavy atom. The molecule has 1 aromatic heterocycles. The average Bonchev–Trinajstić information content (AvgIpc) is 2.41. The Kier molecular flexibility index (Phi) is 3.71. The first-order valence-corrected chi connectivity index (χ1v) is 7.50. The Morgan fingerprint density at radius 2 is 2.00 bits per heavy atom. The van der Waals surface area contributed by atoms with E-state index in [9.17, 15) is 5.11 Å². The lowest BCUT2D eigenvalue weighted by Gasteiger charge is -2.27. The summed E-state index contributed by atoms with van der Waals surface area (Å²) in [5.41, 5.74) is 2.10. The van der Waals surface area contributed by atoms with Crippen molar-refractivity contribution in [2.45, 2.75) is 37.8 Å². The first-order valence-electron chi connectivity index (χ1n) is 6.71. The summed E-state index contributed by atoms with van der Waals surface area (Å²) in [6.45, 7) is 0. The molecule has 19 heavy (non-hydrogen) atoms. The molecule has 0 bridgehead atoms. The van der Waals surface area contributed by atoms with Crippen molar-refractivity contribution < 1.29 is 5.11 Å². The fraction of sp³-hybridized carbons (Fsp3) is 0.400. The average molecular weight is 321 g/mol. The van der Waals surface area contributed by atoms with Gasteiger partial charge in [0.1, 0.15) is 0 Å². The van der Waals surface area contributed by atoms with Crippen LogP contribution in [0.2, 0.25) is 0 Å². The van der Waals surface area contributed by atoms with E-state index in [0.717, 1.165) is 46.7 Å². The highest BCUT2D eigenvalue weighted by Crippen LogP contribution is 2.27. The largest absolute Gasteiger partial charge is 0.393 e. The Labute approximate surface area is 121 Å². The van der Waals surface area contributed by atoms with E-state index in [2.05, 4.69) is 50.5 Å².